The topological polar surface area (TPSA) is 81.9 Å². The van der Waals surface area contributed by atoms with E-state index in [1.54, 1.807) is 4.90 Å². The first kappa shape index (κ1) is 24.1. The Balaban J connectivity index is 0.000000343. The predicted octanol–water partition coefficient (Wildman–Crippen LogP) is 4.28. The van der Waals surface area contributed by atoms with Crippen molar-refractivity contribution in [3.8, 4) is 23.5 Å². The maximum Gasteiger partial charge on any atom is 0.410 e. The van der Waals surface area contributed by atoms with E-state index in [4.69, 9.17) is 21.6 Å². The average molecular weight is 441 g/mol. The predicted molar refractivity (Wildman–Crippen MR) is 125 cm³/mol. The van der Waals surface area contributed by atoms with E-state index < -0.39 is 12.1 Å². The molecule has 1 saturated heterocycles. The Hall–Kier alpha value is -2.52. The second-order valence-corrected chi connectivity index (χ2v) is 10.3. The normalized spacial score (nSPS) is 26.1. The lowest BCUT2D eigenvalue weighted by Crippen LogP contribution is -2.47. The third kappa shape index (κ3) is 5.10. The summed E-state index contributed by atoms with van der Waals surface area (Å²) in [5, 5.41) is 0. The molecule has 0 aromatic carbocycles. The van der Waals surface area contributed by atoms with Crippen molar-refractivity contribution in [2.75, 3.05) is 7.11 Å². The van der Waals surface area contributed by atoms with Crippen LogP contribution in [0.15, 0.2) is 18.2 Å². The van der Waals surface area contributed by atoms with Crippen molar-refractivity contribution in [2.45, 2.75) is 84.0 Å². The van der Waals surface area contributed by atoms with Crippen LogP contribution in [0.4, 0.5) is 4.79 Å². The van der Waals surface area contributed by atoms with Gasteiger partial charge in [0, 0.05) is 12.0 Å². The lowest BCUT2D eigenvalue weighted by atomic mass is 9.82. The molecule has 1 heterocycles. The summed E-state index contributed by atoms with van der Waals surface area (Å²) in [5.41, 5.74) is 10.3. The summed E-state index contributed by atoms with van der Waals surface area (Å²) in [6.07, 6.45) is 8.64. The Kier molecular flexibility index (Phi) is 7.19. The van der Waals surface area contributed by atoms with Crippen molar-refractivity contribution in [2.24, 2.45) is 17.1 Å². The average Bonchev–Trinajstić information content (AvgIpc) is 3.10. The number of carbonyl (C=O) groups is 2. The second kappa shape index (κ2) is 9.54. The number of hydrogen-bond acceptors (Lipinski definition) is 5. The van der Waals surface area contributed by atoms with E-state index in [0.29, 0.717) is 12.8 Å². The number of nitrogens with zero attached hydrogens (tertiary/aromatic N) is 1. The fourth-order valence-corrected chi connectivity index (χ4v) is 5.08. The first-order valence-electron chi connectivity index (χ1n) is 11.4. The molecule has 1 saturated carbocycles. The monoisotopic (exact) mass is 440 g/mol. The molecule has 0 aromatic rings. The van der Waals surface area contributed by atoms with Crippen LogP contribution in [0.5, 0.6) is 0 Å². The molecule has 6 nitrogen and oxygen atoms in total. The fraction of sp³-hybridized carbons (Fsp3) is 0.615. The summed E-state index contributed by atoms with van der Waals surface area (Å²) in [6.45, 7) is 8.26. The Labute approximate surface area is 191 Å². The van der Waals surface area contributed by atoms with Crippen LogP contribution < -0.4 is 5.73 Å². The number of terminal acetylenes is 1. The first-order valence-corrected chi connectivity index (χ1v) is 11.4. The zero-order valence-corrected chi connectivity index (χ0v) is 19.9. The molecule has 0 aromatic heterocycles. The van der Waals surface area contributed by atoms with Gasteiger partial charge in [-0.1, -0.05) is 44.9 Å². The van der Waals surface area contributed by atoms with Crippen molar-refractivity contribution in [1.29, 1.82) is 0 Å². The number of amides is 1. The highest BCUT2D eigenvalue weighted by Crippen LogP contribution is 2.41. The number of likely N-dealkylation sites (tertiary alicyclic amines) is 1. The van der Waals surface area contributed by atoms with Gasteiger partial charge < -0.3 is 15.2 Å². The summed E-state index contributed by atoms with van der Waals surface area (Å²) < 4.78 is 10.6. The maximum absolute atomic E-state index is 12.4. The third-order valence-corrected chi connectivity index (χ3v) is 6.67. The number of hydrogen-bond donors (Lipinski definition) is 1. The molecule has 32 heavy (non-hydrogen) atoms. The standard InChI is InChI=1S/C19H30N2O4.C7H6/c1-6-12-10-13-15(21(12)18(23)24-5)8-7-9-16(13)25-17(22)14(20)11-19(2,3)4;1-5-4-6-2-3-7(5)6/h1,12-16H,7-11,20H2,2-5H3;2-4H,1H3/t12?,13-,14?,15-,16+;/m1./s1. The molecular weight excluding hydrogens is 404 g/mol. The van der Waals surface area contributed by atoms with Gasteiger partial charge in [-0.15, -0.1) is 6.42 Å². The second-order valence-electron chi connectivity index (χ2n) is 10.3. The van der Waals surface area contributed by atoms with E-state index in [2.05, 4.69) is 31.0 Å². The van der Waals surface area contributed by atoms with Gasteiger partial charge in [0.15, 0.2) is 0 Å². The van der Waals surface area contributed by atoms with E-state index in [-0.39, 0.29) is 35.5 Å². The lowest BCUT2D eigenvalue weighted by molar-refractivity contribution is -0.156. The minimum Gasteiger partial charge on any atom is -0.461 e. The van der Waals surface area contributed by atoms with Crippen LogP contribution >= 0.6 is 0 Å². The van der Waals surface area contributed by atoms with Crippen molar-refractivity contribution in [3.63, 3.8) is 0 Å². The highest BCUT2D eigenvalue weighted by Gasteiger charge is 2.49. The van der Waals surface area contributed by atoms with Crippen molar-refractivity contribution in [3.05, 3.63) is 23.8 Å². The van der Waals surface area contributed by atoms with Gasteiger partial charge in [0.1, 0.15) is 12.1 Å². The molecule has 4 rings (SSSR count). The third-order valence-electron chi connectivity index (χ3n) is 6.67. The summed E-state index contributed by atoms with van der Waals surface area (Å²) in [4.78, 5) is 26.2. The van der Waals surface area contributed by atoms with E-state index in [1.165, 1.54) is 23.8 Å². The van der Waals surface area contributed by atoms with Gasteiger partial charge in [0.25, 0.3) is 0 Å². The molecule has 1 amide bonds. The molecule has 0 radical (unpaired) electrons. The number of rotatable bonds is 3. The SMILES string of the molecule is C#CC1C[C@H]2[C@@H](OC(=O)C(N)CC(C)(C)C)CCC[C@H]2N1C(=O)OC.Cc1cc2ccc1-2. The van der Waals surface area contributed by atoms with E-state index in [1.807, 2.05) is 20.8 Å². The molecule has 4 aliphatic rings. The van der Waals surface area contributed by atoms with Crippen LogP contribution in [0, 0.1) is 30.6 Å². The van der Waals surface area contributed by atoms with Gasteiger partial charge in [-0.05, 0) is 61.1 Å². The fourth-order valence-electron chi connectivity index (χ4n) is 5.08. The van der Waals surface area contributed by atoms with Crippen LogP contribution in [0.2, 0.25) is 0 Å². The molecule has 2 unspecified atom stereocenters. The van der Waals surface area contributed by atoms with Crippen molar-refractivity contribution < 1.29 is 19.1 Å². The Morgan fingerprint density at radius 3 is 2.47 bits per heavy atom. The Morgan fingerprint density at radius 2 is 2.03 bits per heavy atom. The van der Waals surface area contributed by atoms with Crippen LogP contribution in [0.3, 0.4) is 0 Å². The summed E-state index contributed by atoms with van der Waals surface area (Å²) in [6, 6.07) is 5.51. The van der Waals surface area contributed by atoms with Crippen LogP contribution in [0.1, 0.15) is 58.4 Å². The summed E-state index contributed by atoms with van der Waals surface area (Å²) >= 11 is 0. The van der Waals surface area contributed by atoms with Gasteiger partial charge in [-0.2, -0.15) is 0 Å². The van der Waals surface area contributed by atoms with E-state index in [0.717, 1.165) is 19.3 Å². The number of ether oxygens (including phenoxy) is 2. The highest BCUT2D eigenvalue weighted by molar-refractivity contribution is 5.80. The molecule has 0 spiro atoms. The minimum atomic E-state index is -0.637. The number of aryl methyl sites for hydroxylation is 1. The zero-order chi connectivity index (χ0) is 23.6. The molecule has 174 valence electrons. The molecule has 0 bridgehead atoms. The molecule has 1 aliphatic heterocycles. The number of carbonyl (C=O) groups excluding carboxylic acids is 2. The quantitative estimate of drug-likeness (QED) is 0.569. The van der Waals surface area contributed by atoms with E-state index in [9.17, 15) is 9.59 Å². The summed E-state index contributed by atoms with van der Waals surface area (Å²) in [7, 11) is 1.36. The molecule has 2 fully saturated rings. The Morgan fingerprint density at radius 1 is 1.31 bits per heavy atom. The van der Waals surface area contributed by atoms with Crippen molar-refractivity contribution >= 4 is 12.1 Å². The largest absolute Gasteiger partial charge is 0.461 e. The van der Waals surface area contributed by atoms with Gasteiger partial charge in [0.2, 0.25) is 0 Å². The molecular formula is C26H36N2O4. The lowest BCUT2D eigenvalue weighted by Gasteiger charge is -2.36. The van der Waals surface area contributed by atoms with Gasteiger partial charge >= 0.3 is 12.1 Å². The first-order chi connectivity index (χ1) is 15.1. The van der Waals surface area contributed by atoms with Gasteiger partial charge in [0.05, 0.1) is 13.2 Å². The number of esters is 1. The highest BCUT2D eigenvalue weighted by atomic mass is 16.6. The van der Waals surface area contributed by atoms with Crippen molar-refractivity contribution in [1.82, 2.24) is 4.90 Å². The number of benzene rings is 1. The molecule has 2 N–H and O–H groups in total. The zero-order valence-electron chi connectivity index (χ0n) is 19.9. The molecule has 3 aliphatic carbocycles. The number of fused-ring (bicyclic) bond motifs is 2. The summed E-state index contributed by atoms with van der Waals surface area (Å²) in [5.74, 6) is 2.35. The van der Waals surface area contributed by atoms with E-state index >= 15 is 0 Å². The Bertz CT molecular complexity index is 898. The molecule has 5 atom stereocenters. The van der Waals surface area contributed by atoms with Gasteiger partial charge in [-0.25, -0.2) is 4.79 Å². The maximum atomic E-state index is 12.4. The number of methoxy groups -OCH3 is 1. The minimum absolute atomic E-state index is 0.0414. The number of nitrogens with two attached hydrogens (primary N) is 1. The van der Waals surface area contributed by atoms with Crippen LogP contribution in [0.25, 0.3) is 11.1 Å². The van der Waals surface area contributed by atoms with Gasteiger partial charge in [-0.3, -0.25) is 9.69 Å². The van der Waals surface area contributed by atoms with Crippen LogP contribution in [-0.4, -0.2) is 48.3 Å². The molecule has 6 heteroatoms. The van der Waals surface area contributed by atoms with Crippen LogP contribution in [-0.2, 0) is 14.3 Å². The smallest absolute Gasteiger partial charge is 0.410 e.